The van der Waals surface area contributed by atoms with Crippen molar-refractivity contribution >= 4 is 0 Å². The molecule has 4 aromatic rings. The highest BCUT2D eigenvalue weighted by Gasteiger charge is 2.43. The molecule has 0 saturated carbocycles. The molecule has 0 aromatic heterocycles. The van der Waals surface area contributed by atoms with Crippen LogP contribution in [0, 0.1) is 40.7 Å². The summed E-state index contributed by atoms with van der Waals surface area (Å²) in [7, 11) is 0. The maximum atomic E-state index is 14.9. The van der Waals surface area contributed by atoms with Gasteiger partial charge in [0.25, 0.3) is 0 Å². The molecule has 0 bridgehead atoms. The van der Waals surface area contributed by atoms with E-state index in [2.05, 4.69) is 4.74 Å². The Morgan fingerprint density at radius 2 is 1.05 bits per heavy atom. The van der Waals surface area contributed by atoms with Crippen molar-refractivity contribution in [1.82, 2.24) is 0 Å². The number of alkyl halides is 5. The van der Waals surface area contributed by atoms with Crippen LogP contribution in [-0.2, 0) is 18.7 Å². The van der Waals surface area contributed by atoms with Crippen LogP contribution in [0.3, 0.4) is 0 Å². The van der Waals surface area contributed by atoms with Crippen LogP contribution in [0.5, 0.6) is 5.75 Å². The lowest BCUT2D eigenvalue weighted by Gasteiger charge is -2.21. The second-order valence-corrected chi connectivity index (χ2v) is 8.68. The van der Waals surface area contributed by atoms with Gasteiger partial charge in [0.1, 0.15) is 57.6 Å². The van der Waals surface area contributed by atoms with Crippen LogP contribution in [-0.4, -0.2) is 0 Å². The first kappa shape index (κ1) is 29.8. The van der Waals surface area contributed by atoms with Crippen molar-refractivity contribution < 1.29 is 57.4 Å². The van der Waals surface area contributed by atoms with Gasteiger partial charge in [-0.1, -0.05) is 19.1 Å². The van der Waals surface area contributed by atoms with E-state index in [1.54, 1.807) is 6.92 Å². The second-order valence-electron chi connectivity index (χ2n) is 8.68. The molecule has 0 heterocycles. The van der Waals surface area contributed by atoms with Gasteiger partial charge in [-0.05, 0) is 53.4 Å². The average molecular weight is 594 g/mol. The second kappa shape index (κ2) is 10.7. The number of rotatable bonds is 6. The zero-order valence-corrected chi connectivity index (χ0v) is 20.3. The van der Waals surface area contributed by atoms with Crippen molar-refractivity contribution in [2.45, 2.75) is 25.6 Å². The van der Waals surface area contributed by atoms with Gasteiger partial charge in [-0.25, -0.2) is 30.7 Å². The number of hydrogen-bond donors (Lipinski definition) is 0. The summed E-state index contributed by atoms with van der Waals surface area (Å²) in [6.07, 6.45) is -10.1. The maximum absolute atomic E-state index is 14.9. The Bertz CT molecular complexity index is 1570. The predicted molar refractivity (Wildman–Crippen MR) is 122 cm³/mol. The summed E-state index contributed by atoms with van der Waals surface area (Å²) in [5, 5.41) is 0. The average Bonchev–Trinajstić information content (AvgIpc) is 2.81. The van der Waals surface area contributed by atoms with Gasteiger partial charge in [0.2, 0.25) is 0 Å². The molecule has 13 heteroatoms. The van der Waals surface area contributed by atoms with Gasteiger partial charge in [0.05, 0.1) is 5.56 Å². The topological polar surface area (TPSA) is 9.23 Å². The molecule has 0 aliphatic rings. The minimum atomic E-state index is -5.53. The summed E-state index contributed by atoms with van der Waals surface area (Å²) < 4.78 is 172. The van der Waals surface area contributed by atoms with Crippen LogP contribution in [0.1, 0.15) is 23.6 Å². The van der Waals surface area contributed by atoms with E-state index in [4.69, 9.17) is 0 Å². The molecular weight excluding hydrogens is 580 g/mol. The molecule has 41 heavy (non-hydrogen) atoms. The van der Waals surface area contributed by atoms with Crippen molar-refractivity contribution in [3.05, 3.63) is 112 Å². The highest BCUT2D eigenvalue weighted by atomic mass is 19.4. The van der Waals surface area contributed by atoms with E-state index in [0.29, 0.717) is 24.1 Å². The van der Waals surface area contributed by atoms with Crippen LogP contribution >= 0.6 is 0 Å². The van der Waals surface area contributed by atoms with E-state index in [1.165, 1.54) is 12.1 Å². The molecular formula is C28H14F12O. The molecule has 1 nitrogen and oxygen atoms in total. The van der Waals surface area contributed by atoms with E-state index in [9.17, 15) is 52.7 Å². The number of ether oxygens (including phenoxy) is 1. The number of halogens is 12. The summed E-state index contributed by atoms with van der Waals surface area (Å²) in [6, 6.07) is 4.95. The molecule has 0 radical (unpaired) electrons. The molecule has 0 aliphatic heterocycles. The fourth-order valence-electron chi connectivity index (χ4n) is 4.09. The van der Waals surface area contributed by atoms with Crippen molar-refractivity contribution in [2.24, 2.45) is 0 Å². The Kier molecular flexibility index (Phi) is 7.76. The monoisotopic (exact) mass is 594 g/mol. The maximum Gasteiger partial charge on any atom is 0.432 e. The van der Waals surface area contributed by atoms with Crippen LogP contribution in [0.15, 0.2) is 54.6 Å². The van der Waals surface area contributed by atoms with Crippen molar-refractivity contribution in [3.8, 4) is 28.0 Å². The molecule has 0 aliphatic carbocycles. The highest BCUT2D eigenvalue weighted by Crippen LogP contribution is 2.41. The molecule has 0 atom stereocenters. The largest absolute Gasteiger partial charge is 0.432 e. The fraction of sp³-hybridized carbons (Fsp3) is 0.143. The molecule has 4 aromatic carbocycles. The molecule has 0 spiro atoms. The Morgan fingerprint density at radius 3 is 1.51 bits per heavy atom. The quantitative estimate of drug-likeness (QED) is 0.202. The van der Waals surface area contributed by atoms with Gasteiger partial charge in [0.15, 0.2) is 0 Å². The Morgan fingerprint density at radius 1 is 0.561 bits per heavy atom. The van der Waals surface area contributed by atoms with Gasteiger partial charge < -0.3 is 4.74 Å². The van der Waals surface area contributed by atoms with Crippen LogP contribution in [0.2, 0.25) is 0 Å². The number of benzene rings is 4. The van der Waals surface area contributed by atoms with Gasteiger partial charge in [-0.3, -0.25) is 0 Å². The zero-order valence-electron chi connectivity index (χ0n) is 20.3. The molecule has 0 fully saturated rings. The molecule has 0 amide bonds. The third-order valence-electron chi connectivity index (χ3n) is 5.96. The van der Waals surface area contributed by atoms with Crippen molar-refractivity contribution in [1.29, 1.82) is 0 Å². The number of hydrogen-bond acceptors (Lipinski definition) is 1. The fourth-order valence-corrected chi connectivity index (χ4v) is 4.09. The third kappa shape index (κ3) is 5.84. The first-order valence-corrected chi connectivity index (χ1v) is 11.4. The third-order valence-corrected chi connectivity index (χ3v) is 5.96. The first-order valence-electron chi connectivity index (χ1n) is 11.4. The normalized spacial score (nSPS) is 12.1. The summed E-state index contributed by atoms with van der Waals surface area (Å²) in [4.78, 5) is 0. The van der Waals surface area contributed by atoms with E-state index in [1.807, 2.05) is 0 Å². The van der Waals surface area contributed by atoms with Crippen LogP contribution in [0.4, 0.5) is 52.7 Å². The van der Waals surface area contributed by atoms with Crippen LogP contribution in [0.25, 0.3) is 22.3 Å². The summed E-state index contributed by atoms with van der Waals surface area (Å²) in [6.45, 7) is 1.75. The molecule has 0 N–H and O–H groups in total. The van der Waals surface area contributed by atoms with Gasteiger partial charge in [0, 0.05) is 17.7 Å². The zero-order chi connectivity index (χ0) is 30.4. The minimum absolute atomic E-state index is 0.112. The van der Waals surface area contributed by atoms with Gasteiger partial charge in [-0.2, -0.15) is 22.0 Å². The summed E-state index contributed by atoms with van der Waals surface area (Å²) in [5.41, 5.74) is -6.38. The number of aryl methyl sites for hydroxylation is 1. The van der Waals surface area contributed by atoms with E-state index in [-0.39, 0.29) is 35.4 Å². The Hall–Kier alpha value is -4.16. The molecule has 0 saturated heterocycles. The van der Waals surface area contributed by atoms with E-state index >= 15 is 0 Å². The van der Waals surface area contributed by atoms with Gasteiger partial charge in [-0.15, -0.1) is 0 Å². The summed E-state index contributed by atoms with van der Waals surface area (Å²) >= 11 is 0. The van der Waals surface area contributed by atoms with Crippen LogP contribution < -0.4 is 4.74 Å². The molecule has 216 valence electrons. The minimum Gasteiger partial charge on any atom is -0.429 e. The highest BCUT2D eigenvalue weighted by molar-refractivity contribution is 5.72. The lowest BCUT2D eigenvalue weighted by atomic mass is 9.96. The van der Waals surface area contributed by atoms with Gasteiger partial charge >= 0.3 is 12.3 Å². The molecule has 4 rings (SSSR count). The summed E-state index contributed by atoms with van der Waals surface area (Å²) in [5.74, 6) is -14.1. The Labute approximate surface area is 223 Å². The van der Waals surface area contributed by atoms with Crippen molar-refractivity contribution in [2.75, 3.05) is 0 Å². The SMILES string of the molecule is CCc1ccc(-c2cc(F)c(-c3cc(F)c(C(F)(F)Oc4cc(F)c(C(F)(F)F)c(F)c4)c(F)c3)c(F)c2)c(F)c1. The van der Waals surface area contributed by atoms with E-state index < -0.39 is 81.0 Å². The first-order chi connectivity index (χ1) is 19.0. The molecule has 0 unspecified atom stereocenters. The lowest BCUT2D eigenvalue weighted by Crippen LogP contribution is -2.25. The Balaban J connectivity index is 1.71. The predicted octanol–water partition coefficient (Wildman–Crippen LogP) is 9.70. The lowest BCUT2D eigenvalue weighted by molar-refractivity contribution is -0.189. The smallest absolute Gasteiger partial charge is 0.429 e. The standard InChI is InChI=1S/C28H14F12O/c1-2-12-3-4-16(17(29)5-12)13-6-18(30)24(19(31)7-13)14-8-20(32)26(21(33)9-14)28(39,40)41-15-10-22(34)25(23(35)11-15)27(36,37)38/h3-11H,2H2,1H3. The van der Waals surface area contributed by atoms with E-state index in [0.717, 1.165) is 6.07 Å². The van der Waals surface area contributed by atoms with Crippen molar-refractivity contribution in [3.63, 3.8) is 0 Å².